The van der Waals surface area contributed by atoms with Crippen LogP contribution in [-0.2, 0) is 4.79 Å². The van der Waals surface area contributed by atoms with Crippen LogP contribution in [0.25, 0.3) is 0 Å². The SMILES string of the molecule is CN=C(NCC(=O)Nc1ccc(F)c(F)c1F)NC(C)C.I. The van der Waals surface area contributed by atoms with E-state index in [9.17, 15) is 18.0 Å². The van der Waals surface area contributed by atoms with E-state index in [1.165, 1.54) is 7.05 Å². The van der Waals surface area contributed by atoms with Crippen LogP contribution in [0.1, 0.15) is 13.8 Å². The molecule has 0 fully saturated rings. The lowest BCUT2D eigenvalue weighted by molar-refractivity contribution is -0.115. The van der Waals surface area contributed by atoms with E-state index in [1.54, 1.807) is 0 Å². The minimum Gasteiger partial charge on any atom is -0.354 e. The summed E-state index contributed by atoms with van der Waals surface area (Å²) in [6, 6.07) is 1.80. The van der Waals surface area contributed by atoms with Crippen molar-refractivity contribution in [2.24, 2.45) is 4.99 Å². The number of hydrogen-bond donors (Lipinski definition) is 3. The Balaban J connectivity index is 0.00000441. The molecule has 0 bridgehead atoms. The van der Waals surface area contributed by atoms with Gasteiger partial charge in [0, 0.05) is 13.1 Å². The Morgan fingerprint density at radius 3 is 2.41 bits per heavy atom. The average molecular weight is 430 g/mol. The first kappa shape index (κ1) is 20.5. The van der Waals surface area contributed by atoms with Crippen molar-refractivity contribution >= 4 is 41.5 Å². The van der Waals surface area contributed by atoms with Gasteiger partial charge in [-0.25, -0.2) is 13.2 Å². The Labute approximate surface area is 143 Å². The third-order valence-corrected chi connectivity index (χ3v) is 2.37. The maximum Gasteiger partial charge on any atom is 0.243 e. The zero-order valence-corrected chi connectivity index (χ0v) is 14.7. The first-order chi connectivity index (χ1) is 9.85. The predicted molar refractivity (Wildman–Crippen MR) is 90.0 cm³/mol. The van der Waals surface area contributed by atoms with Gasteiger partial charge < -0.3 is 16.0 Å². The Kier molecular flexibility index (Phi) is 8.83. The van der Waals surface area contributed by atoms with Crippen LogP contribution in [0, 0.1) is 17.5 Å². The highest BCUT2D eigenvalue weighted by Crippen LogP contribution is 2.19. The van der Waals surface area contributed by atoms with Crippen molar-refractivity contribution in [2.45, 2.75) is 19.9 Å². The molecule has 1 rings (SSSR count). The first-order valence-corrected chi connectivity index (χ1v) is 6.25. The number of benzene rings is 1. The van der Waals surface area contributed by atoms with E-state index in [4.69, 9.17) is 0 Å². The van der Waals surface area contributed by atoms with Gasteiger partial charge in [0.2, 0.25) is 5.91 Å². The fraction of sp³-hybridized carbons (Fsp3) is 0.385. The van der Waals surface area contributed by atoms with E-state index >= 15 is 0 Å². The summed E-state index contributed by atoms with van der Waals surface area (Å²) in [5, 5.41) is 7.80. The minimum atomic E-state index is -1.63. The molecule has 0 aliphatic carbocycles. The van der Waals surface area contributed by atoms with Gasteiger partial charge in [-0.15, -0.1) is 24.0 Å². The highest BCUT2D eigenvalue weighted by atomic mass is 127. The number of nitrogens with one attached hydrogen (secondary N) is 3. The van der Waals surface area contributed by atoms with E-state index in [0.29, 0.717) is 5.96 Å². The zero-order valence-electron chi connectivity index (χ0n) is 12.3. The van der Waals surface area contributed by atoms with Gasteiger partial charge in [-0.2, -0.15) is 0 Å². The number of aliphatic imine (C=N–C) groups is 1. The van der Waals surface area contributed by atoms with Crippen LogP contribution in [0.3, 0.4) is 0 Å². The van der Waals surface area contributed by atoms with Crippen LogP contribution in [0.4, 0.5) is 18.9 Å². The second-order valence-electron chi connectivity index (χ2n) is 4.50. The molecule has 22 heavy (non-hydrogen) atoms. The molecule has 9 heteroatoms. The molecule has 124 valence electrons. The molecule has 0 atom stereocenters. The van der Waals surface area contributed by atoms with Crippen LogP contribution < -0.4 is 16.0 Å². The molecule has 1 amide bonds. The van der Waals surface area contributed by atoms with E-state index in [1.807, 2.05) is 13.8 Å². The number of carbonyl (C=O) groups excluding carboxylic acids is 1. The third-order valence-electron chi connectivity index (χ3n) is 2.37. The van der Waals surface area contributed by atoms with Gasteiger partial charge in [0.05, 0.1) is 12.2 Å². The van der Waals surface area contributed by atoms with Crippen LogP contribution in [0.5, 0.6) is 0 Å². The quantitative estimate of drug-likeness (QED) is 0.297. The number of amides is 1. The smallest absolute Gasteiger partial charge is 0.243 e. The second kappa shape index (κ2) is 9.49. The molecule has 5 nitrogen and oxygen atoms in total. The Morgan fingerprint density at radius 2 is 1.86 bits per heavy atom. The monoisotopic (exact) mass is 430 g/mol. The zero-order chi connectivity index (χ0) is 16.0. The number of nitrogens with zero attached hydrogens (tertiary/aromatic N) is 1. The molecule has 1 aromatic carbocycles. The molecule has 0 unspecified atom stereocenters. The molecular weight excluding hydrogens is 412 g/mol. The van der Waals surface area contributed by atoms with E-state index in [2.05, 4.69) is 20.9 Å². The number of halogens is 4. The van der Waals surface area contributed by atoms with E-state index in [-0.39, 0.29) is 36.6 Å². The van der Waals surface area contributed by atoms with Gasteiger partial charge in [-0.3, -0.25) is 9.79 Å². The first-order valence-electron chi connectivity index (χ1n) is 6.25. The summed E-state index contributed by atoms with van der Waals surface area (Å²) in [5.41, 5.74) is -0.424. The van der Waals surface area contributed by atoms with Crippen molar-refractivity contribution in [3.05, 3.63) is 29.6 Å². The van der Waals surface area contributed by atoms with Crippen molar-refractivity contribution in [2.75, 3.05) is 18.9 Å². The molecule has 3 N–H and O–H groups in total. The molecule has 0 aliphatic rings. The number of carbonyl (C=O) groups is 1. The summed E-state index contributed by atoms with van der Waals surface area (Å²) in [5.74, 6) is -4.60. The summed E-state index contributed by atoms with van der Waals surface area (Å²) in [6.07, 6.45) is 0. The van der Waals surface area contributed by atoms with Crippen molar-refractivity contribution in [1.82, 2.24) is 10.6 Å². The molecule has 1 aromatic rings. The molecule has 0 saturated heterocycles. The van der Waals surface area contributed by atoms with E-state index in [0.717, 1.165) is 12.1 Å². The predicted octanol–water partition coefficient (Wildman–Crippen LogP) is 2.23. The van der Waals surface area contributed by atoms with Crippen LogP contribution in [0.15, 0.2) is 17.1 Å². The minimum absolute atomic E-state index is 0. The molecule has 0 saturated carbocycles. The molecule has 0 heterocycles. The molecule has 0 aromatic heterocycles. The Hall–Kier alpha value is -1.52. The summed E-state index contributed by atoms with van der Waals surface area (Å²) in [7, 11) is 1.53. The normalized spacial score (nSPS) is 11.0. The molecular formula is C13H18F3IN4O. The van der Waals surface area contributed by atoms with Crippen LogP contribution >= 0.6 is 24.0 Å². The highest BCUT2D eigenvalue weighted by Gasteiger charge is 2.15. The number of hydrogen-bond acceptors (Lipinski definition) is 2. The number of rotatable bonds is 4. The van der Waals surface area contributed by atoms with Gasteiger partial charge in [-0.05, 0) is 26.0 Å². The number of anilines is 1. The third kappa shape index (κ3) is 6.08. The average Bonchev–Trinajstić information content (AvgIpc) is 2.43. The standard InChI is InChI=1S/C13H17F3N4O.HI/c1-7(2)19-13(17-3)18-6-10(21)20-9-5-4-8(14)11(15)12(9)16;/h4-5,7H,6H2,1-3H3,(H,20,21)(H2,17,18,19);1H. The Bertz CT molecular complexity index is 552. The lowest BCUT2D eigenvalue weighted by atomic mass is 10.2. The second-order valence-corrected chi connectivity index (χ2v) is 4.50. The van der Waals surface area contributed by atoms with Gasteiger partial charge >= 0.3 is 0 Å². The van der Waals surface area contributed by atoms with Crippen molar-refractivity contribution in [3.63, 3.8) is 0 Å². The Morgan fingerprint density at radius 1 is 1.23 bits per heavy atom. The van der Waals surface area contributed by atoms with Crippen molar-refractivity contribution in [3.8, 4) is 0 Å². The molecule has 0 spiro atoms. The van der Waals surface area contributed by atoms with Crippen LogP contribution in [-0.4, -0.2) is 31.5 Å². The number of guanidine groups is 1. The van der Waals surface area contributed by atoms with Crippen molar-refractivity contribution < 1.29 is 18.0 Å². The van der Waals surface area contributed by atoms with Crippen LogP contribution in [0.2, 0.25) is 0 Å². The van der Waals surface area contributed by atoms with E-state index < -0.39 is 29.0 Å². The van der Waals surface area contributed by atoms with Crippen molar-refractivity contribution in [1.29, 1.82) is 0 Å². The summed E-state index contributed by atoms with van der Waals surface area (Å²) < 4.78 is 39.1. The van der Waals surface area contributed by atoms with Gasteiger partial charge in [-0.1, -0.05) is 0 Å². The summed E-state index contributed by atoms with van der Waals surface area (Å²) >= 11 is 0. The van der Waals surface area contributed by atoms with Gasteiger partial charge in [0.1, 0.15) is 0 Å². The highest BCUT2D eigenvalue weighted by molar-refractivity contribution is 14.0. The lowest BCUT2D eigenvalue weighted by Gasteiger charge is -2.14. The molecule has 0 aliphatic heterocycles. The topological polar surface area (TPSA) is 65.5 Å². The maximum absolute atomic E-state index is 13.4. The molecule has 0 radical (unpaired) electrons. The summed E-state index contributed by atoms with van der Waals surface area (Å²) in [4.78, 5) is 15.5. The maximum atomic E-state index is 13.4. The van der Waals surface area contributed by atoms with Gasteiger partial charge in [0.25, 0.3) is 0 Å². The summed E-state index contributed by atoms with van der Waals surface area (Å²) in [6.45, 7) is 3.58. The fourth-order valence-electron chi connectivity index (χ4n) is 1.45. The van der Waals surface area contributed by atoms with Gasteiger partial charge in [0.15, 0.2) is 23.4 Å². The lowest BCUT2D eigenvalue weighted by Crippen LogP contribution is -2.44. The fourth-order valence-corrected chi connectivity index (χ4v) is 1.45. The largest absolute Gasteiger partial charge is 0.354 e.